The van der Waals surface area contributed by atoms with E-state index in [9.17, 15) is 9.59 Å². The lowest BCUT2D eigenvalue weighted by molar-refractivity contribution is -0.124. The van der Waals surface area contributed by atoms with Crippen molar-refractivity contribution in [2.75, 3.05) is 11.9 Å². The Morgan fingerprint density at radius 2 is 1.54 bits per heavy atom. The van der Waals surface area contributed by atoms with Gasteiger partial charge in [0.05, 0.1) is 6.54 Å². The average Bonchev–Trinajstić information content (AvgIpc) is 3.44. The summed E-state index contributed by atoms with van der Waals surface area (Å²) in [5.74, 6) is 0.566. The third-order valence-corrected chi connectivity index (χ3v) is 4.33. The highest BCUT2D eigenvalue weighted by Gasteiger charge is 2.33. The molecule has 0 aliphatic heterocycles. The molecular formula is C20H22N2O2. The number of amides is 2. The lowest BCUT2D eigenvalue weighted by Gasteiger charge is -2.16. The van der Waals surface area contributed by atoms with Crippen LogP contribution < -0.4 is 10.6 Å². The molecule has 0 bridgehead atoms. The molecule has 0 spiro atoms. The molecule has 1 aliphatic carbocycles. The molecule has 2 amide bonds. The monoisotopic (exact) mass is 322 g/mol. The highest BCUT2D eigenvalue weighted by atomic mass is 16.2. The Morgan fingerprint density at radius 1 is 0.917 bits per heavy atom. The van der Waals surface area contributed by atoms with Gasteiger partial charge in [-0.15, -0.1) is 0 Å². The second-order valence-electron chi connectivity index (χ2n) is 6.25. The van der Waals surface area contributed by atoms with Crippen LogP contribution in [0, 0.1) is 5.92 Å². The van der Waals surface area contributed by atoms with Gasteiger partial charge >= 0.3 is 0 Å². The summed E-state index contributed by atoms with van der Waals surface area (Å²) in [6.45, 7) is -0.0000953. The van der Waals surface area contributed by atoms with E-state index in [0.29, 0.717) is 12.3 Å². The van der Waals surface area contributed by atoms with Crippen molar-refractivity contribution in [3.63, 3.8) is 0 Å². The molecule has 1 atom stereocenters. The van der Waals surface area contributed by atoms with E-state index in [0.717, 1.165) is 5.69 Å². The summed E-state index contributed by atoms with van der Waals surface area (Å²) in [4.78, 5) is 24.1. The number of carbonyl (C=O) groups excluding carboxylic acids is 2. The highest BCUT2D eigenvalue weighted by Crippen LogP contribution is 2.44. The first-order chi connectivity index (χ1) is 11.7. The van der Waals surface area contributed by atoms with E-state index in [4.69, 9.17) is 0 Å². The van der Waals surface area contributed by atoms with Crippen LogP contribution in [0.4, 0.5) is 5.69 Å². The van der Waals surface area contributed by atoms with Crippen LogP contribution >= 0.6 is 0 Å². The molecule has 1 saturated carbocycles. The maximum atomic E-state index is 12.2. The van der Waals surface area contributed by atoms with E-state index in [2.05, 4.69) is 22.8 Å². The molecule has 2 aromatic rings. The van der Waals surface area contributed by atoms with Gasteiger partial charge in [0.15, 0.2) is 0 Å². The zero-order chi connectivity index (χ0) is 16.8. The van der Waals surface area contributed by atoms with Crippen LogP contribution in [0.3, 0.4) is 0 Å². The fourth-order valence-electron chi connectivity index (χ4n) is 2.93. The molecule has 0 radical (unpaired) electrons. The SMILES string of the molecule is O=C(CC(c1ccccc1)C1CC1)NCC(=O)Nc1ccccc1. The van der Waals surface area contributed by atoms with E-state index < -0.39 is 0 Å². The van der Waals surface area contributed by atoms with Crippen molar-refractivity contribution in [3.8, 4) is 0 Å². The Kier molecular flexibility index (Phi) is 5.26. The van der Waals surface area contributed by atoms with Gasteiger partial charge in [0, 0.05) is 12.1 Å². The highest BCUT2D eigenvalue weighted by molar-refractivity contribution is 5.94. The molecule has 2 aromatic carbocycles. The molecule has 24 heavy (non-hydrogen) atoms. The number of anilines is 1. The largest absolute Gasteiger partial charge is 0.347 e. The second-order valence-corrected chi connectivity index (χ2v) is 6.25. The molecule has 3 rings (SSSR count). The molecule has 1 aliphatic rings. The van der Waals surface area contributed by atoms with Crippen LogP contribution in [0.5, 0.6) is 0 Å². The number of hydrogen-bond donors (Lipinski definition) is 2. The number of carbonyl (C=O) groups is 2. The Labute approximate surface area is 142 Å². The first-order valence-electron chi connectivity index (χ1n) is 8.39. The minimum absolute atomic E-state index is 0.0000953. The summed E-state index contributed by atoms with van der Waals surface area (Å²) in [5.41, 5.74) is 1.95. The van der Waals surface area contributed by atoms with Crippen molar-refractivity contribution in [1.82, 2.24) is 5.32 Å². The predicted octanol–water partition coefficient (Wildman–Crippen LogP) is 3.33. The third kappa shape index (κ3) is 4.69. The predicted molar refractivity (Wildman–Crippen MR) is 94.6 cm³/mol. The van der Waals surface area contributed by atoms with E-state index in [1.165, 1.54) is 18.4 Å². The van der Waals surface area contributed by atoms with Crippen molar-refractivity contribution in [2.24, 2.45) is 5.92 Å². The molecule has 1 fully saturated rings. The van der Waals surface area contributed by atoms with Gasteiger partial charge in [0.2, 0.25) is 11.8 Å². The van der Waals surface area contributed by atoms with Crippen LogP contribution in [0.2, 0.25) is 0 Å². The minimum Gasteiger partial charge on any atom is -0.347 e. The maximum Gasteiger partial charge on any atom is 0.243 e. The molecule has 0 aromatic heterocycles. The first kappa shape index (κ1) is 16.2. The van der Waals surface area contributed by atoms with Gasteiger partial charge in [-0.1, -0.05) is 48.5 Å². The molecule has 4 heteroatoms. The van der Waals surface area contributed by atoms with Crippen molar-refractivity contribution in [1.29, 1.82) is 0 Å². The lowest BCUT2D eigenvalue weighted by Crippen LogP contribution is -2.33. The van der Waals surface area contributed by atoms with Gasteiger partial charge in [-0.05, 0) is 42.4 Å². The number of benzene rings is 2. The van der Waals surface area contributed by atoms with Crippen molar-refractivity contribution >= 4 is 17.5 Å². The van der Waals surface area contributed by atoms with Gasteiger partial charge in [-0.3, -0.25) is 9.59 Å². The van der Waals surface area contributed by atoms with E-state index in [1.54, 1.807) is 0 Å². The second kappa shape index (κ2) is 7.77. The van der Waals surface area contributed by atoms with Gasteiger partial charge in [0.25, 0.3) is 0 Å². The lowest BCUT2D eigenvalue weighted by atomic mass is 9.91. The molecular weight excluding hydrogens is 300 g/mol. The van der Waals surface area contributed by atoms with E-state index in [-0.39, 0.29) is 24.3 Å². The van der Waals surface area contributed by atoms with Crippen molar-refractivity contribution < 1.29 is 9.59 Å². The minimum atomic E-state index is -0.211. The Balaban J connectivity index is 1.48. The average molecular weight is 322 g/mol. The van der Waals surface area contributed by atoms with Gasteiger partial charge in [-0.25, -0.2) is 0 Å². The third-order valence-electron chi connectivity index (χ3n) is 4.33. The summed E-state index contributed by atoms with van der Waals surface area (Å²) in [6.07, 6.45) is 2.80. The summed E-state index contributed by atoms with van der Waals surface area (Å²) in [7, 11) is 0. The van der Waals surface area contributed by atoms with Crippen LogP contribution in [-0.4, -0.2) is 18.4 Å². The Bertz CT molecular complexity index is 681. The van der Waals surface area contributed by atoms with Crippen molar-refractivity contribution in [2.45, 2.75) is 25.2 Å². The summed E-state index contributed by atoms with van der Waals surface area (Å²) in [5, 5.41) is 5.50. The van der Waals surface area contributed by atoms with Gasteiger partial charge in [-0.2, -0.15) is 0 Å². The quantitative estimate of drug-likeness (QED) is 0.821. The molecule has 1 unspecified atom stereocenters. The fraction of sp³-hybridized carbons (Fsp3) is 0.300. The molecule has 124 valence electrons. The molecule has 4 nitrogen and oxygen atoms in total. The number of hydrogen-bond acceptors (Lipinski definition) is 2. The Morgan fingerprint density at radius 3 is 2.17 bits per heavy atom. The van der Waals surface area contributed by atoms with Crippen LogP contribution in [-0.2, 0) is 9.59 Å². The standard InChI is InChI=1S/C20H22N2O2/c23-19(21-14-20(24)22-17-9-5-2-6-10-17)13-18(16-11-12-16)15-7-3-1-4-8-15/h1-10,16,18H,11-14H2,(H,21,23)(H,22,24). The van der Waals surface area contributed by atoms with Gasteiger partial charge < -0.3 is 10.6 Å². The number of rotatable bonds is 7. The summed E-state index contributed by atoms with van der Waals surface area (Å²) in [6, 6.07) is 19.4. The van der Waals surface area contributed by atoms with E-state index >= 15 is 0 Å². The van der Waals surface area contributed by atoms with Crippen LogP contribution in [0.15, 0.2) is 60.7 Å². The zero-order valence-corrected chi connectivity index (χ0v) is 13.6. The number of nitrogens with one attached hydrogen (secondary N) is 2. The molecule has 2 N–H and O–H groups in total. The first-order valence-corrected chi connectivity index (χ1v) is 8.39. The summed E-state index contributed by atoms with van der Waals surface area (Å²) >= 11 is 0. The fourth-order valence-corrected chi connectivity index (χ4v) is 2.93. The normalized spacial score (nSPS) is 14.7. The zero-order valence-electron chi connectivity index (χ0n) is 13.6. The van der Waals surface area contributed by atoms with E-state index in [1.807, 2.05) is 48.5 Å². The van der Waals surface area contributed by atoms with Crippen LogP contribution in [0.1, 0.15) is 30.7 Å². The van der Waals surface area contributed by atoms with Gasteiger partial charge in [0.1, 0.15) is 0 Å². The molecule has 0 heterocycles. The molecule has 0 saturated heterocycles. The smallest absolute Gasteiger partial charge is 0.243 e. The van der Waals surface area contributed by atoms with Crippen molar-refractivity contribution in [3.05, 3.63) is 66.2 Å². The summed E-state index contributed by atoms with van der Waals surface area (Å²) < 4.78 is 0. The number of para-hydroxylation sites is 1. The topological polar surface area (TPSA) is 58.2 Å². The van der Waals surface area contributed by atoms with Crippen LogP contribution in [0.25, 0.3) is 0 Å². The Hall–Kier alpha value is -2.62. The maximum absolute atomic E-state index is 12.2.